The lowest BCUT2D eigenvalue weighted by atomic mass is 9.81. The van der Waals surface area contributed by atoms with E-state index in [9.17, 15) is 0 Å². The molecule has 2 rings (SSSR count). The van der Waals surface area contributed by atoms with Crippen molar-refractivity contribution in [1.29, 1.82) is 0 Å². The summed E-state index contributed by atoms with van der Waals surface area (Å²) in [5.74, 6) is 0. The van der Waals surface area contributed by atoms with Crippen molar-refractivity contribution < 1.29 is 0 Å². The maximum Gasteiger partial charge on any atom is 0.0705 e. The highest BCUT2D eigenvalue weighted by molar-refractivity contribution is 5.79. The molecule has 1 aromatic heterocycles. The van der Waals surface area contributed by atoms with Crippen LogP contribution in [0.4, 0.5) is 0 Å². The Balaban J connectivity index is 2.50. The summed E-state index contributed by atoms with van der Waals surface area (Å²) < 4.78 is 0. The van der Waals surface area contributed by atoms with Gasteiger partial charge in [0, 0.05) is 16.5 Å². The Kier molecular flexibility index (Phi) is 3.90. The normalized spacial score (nSPS) is 12.9. The van der Waals surface area contributed by atoms with Gasteiger partial charge in [0.1, 0.15) is 0 Å². The van der Waals surface area contributed by atoms with Crippen LogP contribution in [0.15, 0.2) is 30.3 Å². The highest BCUT2D eigenvalue weighted by Gasteiger charge is 2.21. The quantitative estimate of drug-likeness (QED) is 0.703. The van der Waals surface area contributed by atoms with E-state index in [4.69, 9.17) is 4.98 Å². The first kappa shape index (κ1) is 15.0. The van der Waals surface area contributed by atoms with Gasteiger partial charge in [0.05, 0.1) is 5.52 Å². The lowest BCUT2D eigenvalue weighted by molar-refractivity contribution is 0.492. The molecule has 0 aliphatic rings. The van der Waals surface area contributed by atoms with Gasteiger partial charge in [-0.15, -0.1) is 0 Å². The lowest BCUT2D eigenvalue weighted by Crippen LogP contribution is -2.17. The van der Waals surface area contributed by atoms with Crippen LogP contribution in [-0.4, -0.2) is 4.98 Å². The molecule has 0 atom stereocenters. The van der Waals surface area contributed by atoms with Crippen LogP contribution in [-0.2, 0) is 10.8 Å². The van der Waals surface area contributed by atoms with Crippen molar-refractivity contribution in [2.45, 2.75) is 65.2 Å². The molecule has 0 radical (unpaired) electrons. The predicted molar refractivity (Wildman–Crippen MR) is 88.4 cm³/mol. The standard InChI is InChI=1S/C19H27N/c1-7-18(3,4)15-10-11-16-14(13-15)9-12-17(20-16)19(5,6)8-2/h9-13H,7-8H2,1-6H3. The molecule has 1 heteroatoms. The van der Waals surface area contributed by atoms with Gasteiger partial charge in [-0.05, 0) is 42.0 Å². The largest absolute Gasteiger partial charge is 0.252 e. The van der Waals surface area contributed by atoms with Gasteiger partial charge in [-0.25, -0.2) is 0 Å². The minimum Gasteiger partial charge on any atom is -0.252 e. The number of rotatable bonds is 4. The Morgan fingerprint density at radius 2 is 1.50 bits per heavy atom. The molecule has 1 aromatic carbocycles. The van der Waals surface area contributed by atoms with Crippen molar-refractivity contribution >= 4 is 10.9 Å². The first-order valence-electron chi connectivity index (χ1n) is 7.72. The van der Waals surface area contributed by atoms with Crippen LogP contribution >= 0.6 is 0 Å². The Morgan fingerprint density at radius 3 is 2.10 bits per heavy atom. The van der Waals surface area contributed by atoms with Gasteiger partial charge in [-0.2, -0.15) is 0 Å². The summed E-state index contributed by atoms with van der Waals surface area (Å²) in [4.78, 5) is 4.87. The number of nitrogens with zero attached hydrogens (tertiary/aromatic N) is 1. The van der Waals surface area contributed by atoms with Crippen LogP contribution in [0.25, 0.3) is 10.9 Å². The second-order valence-electron chi connectivity index (χ2n) is 7.08. The van der Waals surface area contributed by atoms with Crippen molar-refractivity contribution in [1.82, 2.24) is 4.98 Å². The van der Waals surface area contributed by atoms with Crippen LogP contribution < -0.4 is 0 Å². The lowest BCUT2D eigenvalue weighted by Gasteiger charge is -2.25. The van der Waals surface area contributed by atoms with Crippen molar-refractivity contribution in [2.24, 2.45) is 0 Å². The summed E-state index contributed by atoms with van der Waals surface area (Å²) >= 11 is 0. The SMILES string of the molecule is CCC(C)(C)c1ccc2nc(C(C)(C)CC)ccc2c1. The molecule has 108 valence electrons. The highest BCUT2D eigenvalue weighted by atomic mass is 14.7. The fourth-order valence-corrected chi connectivity index (χ4v) is 2.31. The van der Waals surface area contributed by atoms with Gasteiger partial charge in [-0.3, -0.25) is 4.98 Å². The molecule has 1 nitrogen and oxygen atoms in total. The van der Waals surface area contributed by atoms with Crippen molar-refractivity contribution in [2.75, 3.05) is 0 Å². The van der Waals surface area contributed by atoms with Crippen LogP contribution in [0.3, 0.4) is 0 Å². The highest BCUT2D eigenvalue weighted by Crippen LogP contribution is 2.31. The monoisotopic (exact) mass is 269 g/mol. The summed E-state index contributed by atoms with van der Waals surface area (Å²) in [6.45, 7) is 13.6. The number of hydrogen-bond donors (Lipinski definition) is 0. The molecular weight excluding hydrogens is 242 g/mol. The maximum atomic E-state index is 4.87. The molecule has 2 aromatic rings. The fraction of sp³-hybridized carbons (Fsp3) is 0.526. The van der Waals surface area contributed by atoms with E-state index in [1.165, 1.54) is 16.6 Å². The summed E-state index contributed by atoms with van der Waals surface area (Å²) in [6, 6.07) is 11.1. The molecule has 20 heavy (non-hydrogen) atoms. The summed E-state index contributed by atoms with van der Waals surface area (Å²) in [6.07, 6.45) is 2.25. The van der Waals surface area contributed by atoms with E-state index < -0.39 is 0 Å². The third-order valence-electron chi connectivity index (χ3n) is 4.93. The zero-order chi connectivity index (χ0) is 15.0. The fourth-order valence-electron chi connectivity index (χ4n) is 2.31. The molecule has 0 amide bonds. The zero-order valence-electron chi connectivity index (χ0n) is 13.7. The topological polar surface area (TPSA) is 12.9 Å². The number of pyridine rings is 1. The summed E-state index contributed by atoms with van der Waals surface area (Å²) in [7, 11) is 0. The Hall–Kier alpha value is -1.37. The van der Waals surface area contributed by atoms with Crippen molar-refractivity contribution in [3.63, 3.8) is 0 Å². The maximum absolute atomic E-state index is 4.87. The average molecular weight is 269 g/mol. The third kappa shape index (κ3) is 2.72. The van der Waals surface area contributed by atoms with Gasteiger partial charge in [0.15, 0.2) is 0 Å². The molecule has 0 saturated carbocycles. The van der Waals surface area contributed by atoms with E-state index in [-0.39, 0.29) is 10.8 Å². The molecule has 0 unspecified atom stereocenters. The van der Waals surface area contributed by atoms with Crippen molar-refractivity contribution in [3.05, 3.63) is 41.6 Å². The molecule has 0 spiro atoms. The first-order chi connectivity index (χ1) is 9.30. The van der Waals surface area contributed by atoms with Gasteiger partial charge in [0.25, 0.3) is 0 Å². The van der Waals surface area contributed by atoms with Gasteiger partial charge in [0.2, 0.25) is 0 Å². The van der Waals surface area contributed by atoms with E-state index in [2.05, 4.69) is 71.9 Å². The van der Waals surface area contributed by atoms with E-state index in [0.717, 1.165) is 18.4 Å². The van der Waals surface area contributed by atoms with Crippen LogP contribution in [0.1, 0.15) is 65.6 Å². The summed E-state index contributed by atoms with van der Waals surface area (Å²) in [5.41, 5.74) is 4.08. The molecule has 0 aliphatic heterocycles. The molecule has 0 saturated heterocycles. The van der Waals surface area contributed by atoms with Crippen LogP contribution in [0.5, 0.6) is 0 Å². The van der Waals surface area contributed by atoms with Gasteiger partial charge in [-0.1, -0.05) is 53.7 Å². The van der Waals surface area contributed by atoms with E-state index >= 15 is 0 Å². The minimum absolute atomic E-state index is 0.148. The summed E-state index contributed by atoms with van der Waals surface area (Å²) in [5, 5.41) is 1.25. The zero-order valence-corrected chi connectivity index (χ0v) is 13.7. The van der Waals surface area contributed by atoms with Gasteiger partial charge < -0.3 is 0 Å². The third-order valence-corrected chi connectivity index (χ3v) is 4.93. The smallest absolute Gasteiger partial charge is 0.0705 e. The number of aromatic nitrogens is 1. The molecule has 1 heterocycles. The minimum atomic E-state index is 0.148. The molecule has 0 fully saturated rings. The van der Waals surface area contributed by atoms with E-state index in [0.29, 0.717) is 0 Å². The van der Waals surface area contributed by atoms with Crippen LogP contribution in [0, 0.1) is 0 Å². The first-order valence-corrected chi connectivity index (χ1v) is 7.72. The van der Waals surface area contributed by atoms with Gasteiger partial charge >= 0.3 is 0 Å². The number of hydrogen-bond acceptors (Lipinski definition) is 1. The number of fused-ring (bicyclic) bond motifs is 1. The molecular formula is C19H27N. The van der Waals surface area contributed by atoms with Crippen LogP contribution in [0.2, 0.25) is 0 Å². The molecule has 0 bridgehead atoms. The second-order valence-corrected chi connectivity index (χ2v) is 7.08. The van der Waals surface area contributed by atoms with E-state index in [1.54, 1.807) is 0 Å². The molecule has 0 aliphatic carbocycles. The Bertz CT molecular complexity index is 553. The van der Waals surface area contributed by atoms with Crippen molar-refractivity contribution in [3.8, 4) is 0 Å². The Morgan fingerprint density at radius 1 is 0.850 bits per heavy atom. The average Bonchev–Trinajstić information content (AvgIpc) is 2.46. The Labute approximate surface area is 123 Å². The number of benzene rings is 1. The van der Waals surface area contributed by atoms with E-state index in [1.807, 2.05) is 0 Å². The predicted octanol–water partition coefficient (Wildman–Crippen LogP) is 5.61. The molecule has 0 N–H and O–H groups in total. The second kappa shape index (κ2) is 5.20.